The number of rotatable bonds is 0. The van der Waals surface area contributed by atoms with Gasteiger partial charge in [0.25, 0.3) is 0 Å². The number of fused-ring (bicyclic) bond motifs is 3. The molecule has 0 unspecified atom stereocenters. The first kappa shape index (κ1) is 10.1. The Hall–Kier alpha value is 1.01. The Bertz CT molecular complexity index is 83.7. The standard InChI is InChI=1S/C6H12N2.2ClH.Co/c1-2-8-5-3-7(1)4-6-8;;;/h1-6H2;2*1H;/q;;;+3/p-2. The summed E-state index contributed by atoms with van der Waals surface area (Å²) in [4.78, 5) is 5.08. The summed E-state index contributed by atoms with van der Waals surface area (Å²) in [6.07, 6.45) is 0. The Morgan fingerprint density at radius 3 is 1.00 bits per heavy atom. The monoisotopic (exact) mass is 241 g/mol. The van der Waals surface area contributed by atoms with E-state index >= 15 is 0 Å². The van der Waals surface area contributed by atoms with E-state index in [0.717, 1.165) is 0 Å². The Morgan fingerprint density at radius 1 is 0.727 bits per heavy atom. The topological polar surface area (TPSA) is 6.48 Å². The van der Waals surface area contributed by atoms with Gasteiger partial charge in [0.2, 0.25) is 0 Å². The molecule has 3 aliphatic rings. The van der Waals surface area contributed by atoms with Gasteiger partial charge >= 0.3 is 33.2 Å². The van der Waals surface area contributed by atoms with Crippen molar-refractivity contribution in [1.82, 2.24) is 9.80 Å². The molecule has 0 radical (unpaired) electrons. The van der Waals surface area contributed by atoms with Gasteiger partial charge in [-0.3, -0.25) is 9.80 Å². The van der Waals surface area contributed by atoms with Gasteiger partial charge in [0.05, 0.1) is 0 Å². The second-order valence-corrected chi connectivity index (χ2v) is 4.45. The molecular weight excluding hydrogens is 230 g/mol. The van der Waals surface area contributed by atoms with Gasteiger partial charge in [0, 0.05) is 39.3 Å². The zero-order chi connectivity index (χ0) is 8.10. The first-order valence-corrected chi connectivity index (χ1v) is 6.51. The number of piperazine rings is 3. The summed E-state index contributed by atoms with van der Waals surface area (Å²) in [6, 6.07) is 0. The second-order valence-electron chi connectivity index (χ2n) is 2.73. The first-order chi connectivity index (χ1) is 5.36. The fourth-order valence-corrected chi connectivity index (χ4v) is 1.52. The molecule has 3 fully saturated rings. The predicted octanol–water partition coefficient (Wildman–Crippen LogP) is 0.994. The molecule has 3 aliphatic heterocycles. The van der Waals surface area contributed by atoms with Gasteiger partial charge < -0.3 is 0 Å². The third-order valence-electron chi connectivity index (χ3n) is 2.20. The summed E-state index contributed by atoms with van der Waals surface area (Å²) >= 11 is 0.382. The molecular formula is C6H12Cl2CoN2+. The molecule has 0 aliphatic carbocycles. The van der Waals surface area contributed by atoms with E-state index in [4.69, 9.17) is 20.3 Å². The summed E-state index contributed by atoms with van der Waals surface area (Å²) in [6.45, 7) is 7.92. The van der Waals surface area contributed by atoms with Crippen molar-refractivity contribution in [2.24, 2.45) is 0 Å². The molecule has 0 aromatic carbocycles. The van der Waals surface area contributed by atoms with Crippen LogP contribution in [0.1, 0.15) is 0 Å². The summed E-state index contributed by atoms with van der Waals surface area (Å²) in [5.74, 6) is 0. The van der Waals surface area contributed by atoms with Crippen LogP contribution in [-0.2, 0) is 12.9 Å². The van der Waals surface area contributed by atoms with Gasteiger partial charge in [0.15, 0.2) is 0 Å². The Morgan fingerprint density at radius 2 is 0.909 bits per heavy atom. The van der Waals surface area contributed by atoms with E-state index in [0.29, 0.717) is 12.9 Å². The Balaban J connectivity index is 0.000000179. The Kier molecular flexibility index (Phi) is 5.15. The maximum atomic E-state index is 4.73. The van der Waals surface area contributed by atoms with Gasteiger partial charge in [-0.25, -0.2) is 0 Å². The zero-order valence-corrected chi connectivity index (χ0v) is 8.78. The third kappa shape index (κ3) is 3.48. The summed E-state index contributed by atoms with van der Waals surface area (Å²) in [5, 5.41) is 0. The van der Waals surface area contributed by atoms with Gasteiger partial charge in [-0.1, -0.05) is 0 Å². The van der Waals surface area contributed by atoms with Crippen molar-refractivity contribution in [3.8, 4) is 0 Å². The molecule has 2 bridgehead atoms. The number of hydrogen-bond donors (Lipinski definition) is 0. The van der Waals surface area contributed by atoms with E-state index in [-0.39, 0.29) is 0 Å². The zero-order valence-electron chi connectivity index (χ0n) is 6.23. The van der Waals surface area contributed by atoms with E-state index in [9.17, 15) is 0 Å². The van der Waals surface area contributed by atoms with Crippen LogP contribution < -0.4 is 0 Å². The van der Waals surface area contributed by atoms with Crippen LogP contribution >= 0.6 is 20.3 Å². The van der Waals surface area contributed by atoms with Crippen molar-refractivity contribution in [2.75, 3.05) is 39.3 Å². The molecule has 0 aromatic rings. The van der Waals surface area contributed by atoms with Crippen LogP contribution in [0.5, 0.6) is 0 Å². The summed E-state index contributed by atoms with van der Waals surface area (Å²) < 4.78 is 0. The molecule has 0 aromatic heterocycles. The molecule has 68 valence electrons. The van der Waals surface area contributed by atoms with Crippen molar-refractivity contribution in [3.05, 3.63) is 0 Å². The third-order valence-corrected chi connectivity index (χ3v) is 2.20. The van der Waals surface area contributed by atoms with Crippen LogP contribution in [0.3, 0.4) is 0 Å². The van der Waals surface area contributed by atoms with Gasteiger partial charge in [0.1, 0.15) is 0 Å². The molecule has 0 spiro atoms. The van der Waals surface area contributed by atoms with Crippen LogP contribution in [0.15, 0.2) is 0 Å². The molecule has 0 atom stereocenters. The Labute approximate surface area is 82.3 Å². The normalized spacial score (nSPS) is 34.7. The molecule has 0 N–H and O–H groups in total. The summed E-state index contributed by atoms with van der Waals surface area (Å²) in [5.41, 5.74) is 0. The maximum absolute atomic E-state index is 4.73. The van der Waals surface area contributed by atoms with Gasteiger partial charge in [-0.2, -0.15) is 0 Å². The van der Waals surface area contributed by atoms with Crippen molar-refractivity contribution in [2.45, 2.75) is 0 Å². The van der Waals surface area contributed by atoms with E-state index in [1.54, 1.807) is 0 Å². The molecule has 3 saturated heterocycles. The first-order valence-electron chi connectivity index (χ1n) is 3.65. The van der Waals surface area contributed by atoms with E-state index in [1.807, 2.05) is 0 Å². The van der Waals surface area contributed by atoms with Crippen LogP contribution in [0.2, 0.25) is 0 Å². The van der Waals surface area contributed by atoms with Gasteiger partial charge in [-0.15, -0.1) is 0 Å². The van der Waals surface area contributed by atoms with Gasteiger partial charge in [-0.05, 0) is 0 Å². The molecule has 3 heterocycles. The van der Waals surface area contributed by atoms with E-state index < -0.39 is 0 Å². The molecule has 2 nitrogen and oxygen atoms in total. The van der Waals surface area contributed by atoms with Crippen molar-refractivity contribution in [1.29, 1.82) is 0 Å². The van der Waals surface area contributed by atoms with Crippen LogP contribution in [0.25, 0.3) is 0 Å². The average Bonchev–Trinajstić information content (AvgIpc) is 2.09. The van der Waals surface area contributed by atoms with Crippen LogP contribution in [-0.4, -0.2) is 49.1 Å². The second kappa shape index (κ2) is 5.62. The number of halogens is 2. The predicted molar refractivity (Wildman–Crippen MR) is 44.6 cm³/mol. The van der Waals surface area contributed by atoms with Crippen molar-refractivity contribution < 1.29 is 12.9 Å². The summed E-state index contributed by atoms with van der Waals surface area (Å²) in [7, 11) is 9.47. The number of hydrogen-bond acceptors (Lipinski definition) is 2. The number of nitrogens with zero attached hydrogens (tertiary/aromatic N) is 2. The molecule has 5 heteroatoms. The van der Waals surface area contributed by atoms with E-state index in [1.165, 1.54) is 39.3 Å². The quantitative estimate of drug-likeness (QED) is 0.625. The molecule has 3 rings (SSSR count). The molecule has 0 amide bonds. The molecule has 11 heavy (non-hydrogen) atoms. The SMILES string of the molecule is C1CN2CCN1CC2.[Cl][Co+][Cl]. The fraction of sp³-hybridized carbons (Fsp3) is 1.00. The van der Waals surface area contributed by atoms with Crippen LogP contribution in [0.4, 0.5) is 0 Å². The van der Waals surface area contributed by atoms with Crippen LogP contribution in [0, 0.1) is 0 Å². The minimum atomic E-state index is 0.382. The molecule has 0 saturated carbocycles. The fourth-order valence-electron chi connectivity index (χ4n) is 1.52. The minimum absolute atomic E-state index is 0.382. The van der Waals surface area contributed by atoms with Crippen molar-refractivity contribution in [3.63, 3.8) is 0 Å². The van der Waals surface area contributed by atoms with E-state index in [2.05, 4.69) is 9.80 Å². The average molecular weight is 242 g/mol. The van der Waals surface area contributed by atoms with Crippen molar-refractivity contribution >= 4 is 20.3 Å².